The lowest BCUT2D eigenvalue weighted by molar-refractivity contribution is 0.103. The van der Waals surface area contributed by atoms with Gasteiger partial charge in [-0.1, -0.05) is 17.7 Å². The molecule has 1 aromatic rings. The summed E-state index contributed by atoms with van der Waals surface area (Å²) in [4.78, 5) is 12.0. The predicted molar refractivity (Wildman–Crippen MR) is 65.4 cm³/mol. The molecule has 0 atom stereocenters. The average Bonchev–Trinajstić information content (AvgIpc) is 2.74. The third-order valence-electron chi connectivity index (χ3n) is 2.51. The maximum absolute atomic E-state index is 12.0. The van der Waals surface area contributed by atoms with E-state index in [4.69, 9.17) is 11.6 Å². The van der Waals surface area contributed by atoms with Gasteiger partial charge < -0.3 is 0 Å². The normalized spacial score (nSPS) is 15.2. The number of hydrogen-bond acceptors (Lipinski definition) is 1. The van der Waals surface area contributed by atoms with Crippen LogP contribution in [0.3, 0.4) is 0 Å². The van der Waals surface area contributed by atoms with Crippen LogP contribution in [0.1, 0.15) is 29.6 Å². The molecule has 78 valence electrons. The van der Waals surface area contributed by atoms with E-state index in [0.29, 0.717) is 10.6 Å². The Morgan fingerprint density at radius 3 is 2.80 bits per heavy atom. The highest BCUT2D eigenvalue weighted by molar-refractivity contribution is 9.10. The van der Waals surface area contributed by atoms with E-state index in [1.807, 2.05) is 6.08 Å². The fourth-order valence-corrected chi connectivity index (χ4v) is 2.20. The summed E-state index contributed by atoms with van der Waals surface area (Å²) in [5.74, 6) is 0.130. The fourth-order valence-electron chi connectivity index (χ4n) is 1.70. The van der Waals surface area contributed by atoms with Gasteiger partial charge in [0.1, 0.15) is 0 Å². The molecule has 1 aliphatic rings. The zero-order chi connectivity index (χ0) is 10.8. The molecule has 0 fully saturated rings. The number of Topliss-reactive ketones (excluding diaryl/α,β-unsaturated/α-hetero) is 1. The Kier molecular flexibility index (Phi) is 3.27. The number of ketones is 1. The van der Waals surface area contributed by atoms with Gasteiger partial charge in [0, 0.05) is 10.0 Å². The first-order chi connectivity index (χ1) is 7.18. The number of carbonyl (C=O) groups excluding carboxylic acids is 1. The molecule has 15 heavy (non-hydrogen) atoms. The third kappa shape index (κ3) is 2.32. The average molecular weight is 286 g/mol. The number of benzene rings is 1. The van der Waals surface area contributed by atoms with Crippen molar-refractivity contribution in [3.8, 4) is 0 Å². The van der Waals surface area contributed by atoms with E-state index in [1.54, 1.807) is 18.2 Å². The Hall–Kier alpha value is -0.600. The summed E-state index contributed by atoms with van der Waals surface area (Å²) in [6, 6.07) is 5.30. The van der Waals surface area contributed by atoms with Crippen LogP contribution in [-0.2, 0) is 0 Å². The van der Waals surface area contributed by atoms with Crippen LogP contribution in [0.2, 0.25) is 5.02 Å². The van der Waals surface area contributed by atoms with Crippen molar-refractivity contribution in [3.63, 3.8) is 0 Å². The maximum Gasteiger partial charge on any atom is 0.188 e. The summed E-state index contributed by atoms with van der Waals surface area (Å²) in [6.07, 6.45) is 5.05. The van der Waals surface area contributed by atoms with Crippen LogP contribution in [0.15, 0.2) is 34.3 Å². The van der Waals surface area contributed by atoms with Crippen molar-refractivity contribution in [2.24, 2.45) is 0 Å². The second-order valence-electron chi connectivity index (χ2n) is 3.58. The molecule has 1 nitrogen and oxygen atoms in total. The van der Waals surface area contributed by atoms with E-state index in [-0.39, 0.29) is 5.78 Å². The van der Waals surface area contributed by atoms with E-state index in [9.17, 15) is 4.79 Å². The van der Waals surface area contributed by atoms with Crippen molar-refractivity contribution in [2.75, 3.05) is 0 Å². The largest absolute Gasteiger partial charge is 0.289 e. The summed E-state index contributed by atoms with van der Waals surface area (Å²) < 4.78 is 0.772. The Morgan fingerprint density at radius 2 is 2.20 bits per heavy atom. The second kappa shape index (κ2) is 4.50. The number of halogens is 2. The molecule has 1 aliphatic carbocycles. The fraction of sp³-hybridized carbons (Fsp3) is 0.250. The van der Waals surface area contributed by atoms with Crippen LogP contribution in [0.4, 0.5) is 0 Å². The highest BCUT2D eigenvalue weighted by atomic mass is 79.9. The number of rotatable bonds is 2. The molecule has 0 amide bonds. The maximum atomic E-state index is 12.0. The van der Waals surface area contributed by atoms with Gasteiger partial charge in [-0.2, -0.15) is 0 Å². The third-order valence-corrected chi connectivity index (χ3v) is 3.73. The van der Waals surface area contributed by atoms with Crippen LogP contribution >= 0.6 is 27.5 Å². The van der Waals surface area contributed by atoms with Crippen LogP contribution in [0.5, 0.6) is 0 Å². The minimum Gasteiger partial charge on any atom is -0.289 e. The first-order valence-corrected chi connectivity index (χ1v) is 6.04. The zero-order valence-electron chi connectivity index (χ0n) is 8.09. The van der Waals surface area contributed by atoms with Gasteiger partial charge in [-0.15, -0.1) is 0 Å². The topological polar surface area (TPSA) is 17.1 Å². The van der Waals surface area contributed by atoms with Crippen molar-refractivity contribution in [2.45, 2.75) is 19.3 Å². The number of hydrogen-bond donors (Lipinski definition) is 0. The minimum absolute atomic E-state index is 0.130. The van der Waals surface area contributed by atoms with Crippen molar-refractivity contribution in [3.05, 3.63) is 44.9 Å². The standard InChI is InChI=1S/C12H10BrClO/c13-10-7-9(5-6-11(10)14)12(15)8-3-1-2-4-8/h3,5-7H,1-2,4H2. The van der Waals surface area contributed by atoms with Gasteiger partial charge in [-0.05, 0) is 59.0 Å². The van der Waals surface area contributed by atoms with Crippen LogP contribution in [0, 0.1) is 0 Å². The summed E-state index contributed by atoms with van der Waals surface area (Å²) >= 11 is 9.19. The van der Waals surface area contributed by atoms with Crippen molar-refractivity contribution in [1.29, 1.82) is 0 Å². The first-order valence-electron chi connectivity index (χ1n) is 4.87. The highest BCUT2D eigenvalue weighted by Gasteiger charge is 2.15. The first kappa shape index (κ1) is 10.9. The molecule has 0 bridgehead atoms. The van der Waals surface area contributed by atoms with Crippen molar-refractivity contribution in [1.82, 2.24) is 0 Å². The lowest BCUT2D eigenvalue weighted by Crippen LogP contribution is -2.01. The molecule has 0 heterocycles. The Labute approximate surface area is 102 Å². The molecule has 1 aromatic carbocycles. The lowest BCUT2D eigenvalue weighted by Gasteiger charge is -2.03. The SMILES string of the molecule is O=C(C1=CCCC1)c1ccc(Cl)c(Br)c1. The lowest BCUT2D eigenvalue weighted by atomic mass is 10.0. The van der Waals surface area contributed by atoms with Crippen LogP contribution in [-0.4, -0.2) is 5.78 Å². The smallest absolute Gasteiger partial charge is 0.188 e. The Morgan fingerprint density at radius 1 is 1.40 bits per heavy atom. The van der Waals surface area contributed by atoms with E-state index >= 15 is 0 Å². The van der Waals surface area contributed by atoms with Crippen LogP contribution < -0.4 is 0 Å². The van der Waals surface area contributed by atoms with Gasteiger partial charge in [-0.3, -0.25) is 4.79 Å². The van der Waals surface area contributed by atoms with E-state index in [0.717, 1.165) is 29.3 Å². The molecule has 0 aliphatic heterocycles. The van der Waals surface area contributed by atoms with E-state index in [2.05, 4.69) is 15.9 Å². The van der Waals surface area contributed by atoms with E-state index in [1.165, 1.54) is 0 Å². The van der Waals surface area contributed by atoms with Crippen molar-refractivity contribution >= 4 is 33.3 Å². The number of carbonyl (C=O) groups is 1. The zero-order valence-corrected chi connectivity index (χ0v) is 10.4. The molecule has 3 heteroatoms. The highest BCUT2D eigenvalue weighted by Crippen LogP contribution is 2.27. The van der Waals surface area contributed by atoms with Gasteiger partial charge in [0.05, 0.1) is 5.02 Å². The molecule has 0 unspecified atom stereocenters. The van der Waals surface area contributed by atoms with Gasteiger partial charge in [0.25, 0.3) is 0 Å². The molecule has 2 rings (SSSR count). The van der Waals surface area contributed by atoms with Crippen LogP contribution in [0.25, 0.3) is 0 Å². The summed E-state index contributed by atoms with van der Waals surface area (Å²) in [7, 11) is 0. The summed E-state index contributed by atoms with van der Waals surface area (Å²) in [5, 5.41) is 0.631. The molecule has 0 saturated carbocycles. The summed E-state index contributed by atoms with van der Waals surface area (Å²) in [6.45, 7) is 0. The monoisotopic (exact) mass is 284 g/mol. The minimum atomic E-state index is 0.130. The van der Waals surface area contributed by atoms with Gasteiger partial charge in [0.2, 0.25) is 0 Å². The Bertz CT molecular complexity index is 437. The molecule has 0 N–H and O–H groups in total. The van der Waals surface area contributed by atoms with Gasteiger partial charge in [0.15, 0.2) is 5.78 Å². The van der Waals surface area contributed by atoms with E-state index < -0.39 is 0 Å². The molecular weight excluding hydrogens is 275 g/mol. The molecular formula is C12H10BrClO. The molecule has 0 saturated heterocycles. The quantitative estimate of drug-likeness (QED) is 0.736. The molecule has 0 spiro atoms. The Balaban J connectivity index is 2.29. The predicted octanol–water partition coefficient (Wildman–Crippen LogP) is 4.40. The second-order valence-corrected chi connectivity index (χ2v) is 4.84. The van der Waals surface area contributed by atoms with Gasteiger partial charge in [-0.25, -0.2) is 0 Å². The van der Waals surface area contributed by atoms with Crippen molar-refractivity contribution < 1.29 is 4.79 Å². The molecule has 0 radical (unpaired) electrons. The molecule has 0 aromatic heterocycles. The summed E-state index contributed by atoms with van der Waals surface area (Å²) in [5.41, 5.74) is 1.64. The van der Waals surface area contributed by atoms with Gasteiger partial charge >= 0.3 is 0 Å². The number of allylic oxidation sites excluding steroid dienone is 2.